The van der Waals surface area contributed by atoms with Gasteiger partial charge >= 0.3 is 12.1 Å². The molecule has 1 amide bonds. The van der Waals surface area contributed by atoms with Gasteiger partial charge in [0.15, 0.2) is 6.61 Å². The van der Waals surface area contributed by atoms with Crippen LogP contribution in [0.3, 0.4) is 0 Å². The third-order valence-electron chi connectivity index (χ3n) is 3.55. The van der Waals surface area contributed by atoms with Crippen molar-refractivity contribution in [2.24, 2.45) is 0 Å². The highest BCUT2D eigenvalue weighted by molar-refractivity contribution is 6.35. The van der Waals surface area contributed by atoms with Gasteiger partial charge in [-0.2, -0.15) is 13.2 Å². The second-order valence-electron chi connectivity index (χ2n) is 5.78. The van der Waals surface area contributed by atoms with E-state index in [4.69, 9.17) is 32.7 Å². The van der Waals surface area contributed by atoms with Crippen molar-refractivity contribution in [3.63, 3.8) is 0 Å². The minimum atomic E-state index is -4.62. The van der Waals surface area contributed by atoms with Gasteiger partial charge in [-0.3, -0.25) is 9.59 Å². The Bertz CT molecular complexity index is 875. The summed E-state index contributed by atoms with van der Waals surface area (Å²) in [5, 5.41) is 2.88. The molecule has 0 unspecified atom stereocenters. The second-order valence-corrected chi connectivity index (χ2v) is 6.62. The fourth-order valence-electron chi connectivity index (χ4n) is 2.23. The molecule has 0 spiro atoms. The van der Waals surface area contributed by atoms with Gasteiger partial charge in [-0.25, -0.2) is 0 Å². The normalized spacial score (nSPS) is 11.1. The Morgan fingerprint density at radius 2 is 1.79 bits per heavy atom. The molecule has 0 atom stereocenters. The number of hydrogen-bond acceptors (Lipinski definition) is 4. The van der Waals surface area contributed by atoms with Crippen LogP contribution in [0, 0.1) is 0 Å². The Labute approximate surface area is 174 Å². The molecular weight excluding hydrogens is 434 g/mol. The lowest BCUT2D eigenvalue weighted by atomic mass is 10.1. The summed E-state index contributed by atoms with van der Waals surface area (Å²) < 4.78 is 48.8. The summed E-state index contributed by atoms with van der Waals surface area (Å²) in [5.74, 6) is -1.15. The molecule has 0 aliphatic rings. The maximum absolute atomic E-state index is 12.9. The Balaban J connectivity index is 1.72. The third kappa shape index (κ3) is 7.47. The van der Waals surface area contributed by atoms with Crippen molar-refractivity contribution in [1.82, 2.24) is 0 Å². The third-order valence-corrected chi connectivity index (χ3v) is 4.08. The molecule has 0 saturated heterocycles. The van der Waals surface area contributed by atoms with Crippen LogP contribution in [0.5, 0.6) is 5.75 Å². The summed E-state index contributed by atoms with van der Waals surface area (Å²) in [5.41, 5.74) is -1.40. The van der Waals surface area contributed by atoms with Gasteiger partial charge in [-0.05, 0) is 36.8 Å². The van der Waals surface area contributed by atoms with Gasteiger partial charge in [0.25, 0.3) is 5.91 Å². The Kier molecular flexibility index (Phi) is 8.16. The summed E-state index contributed by atoms with van der Waals surface area (Å²) in [7, 11) is 0. The van der Waals surface area contributed by atoms with Crippen LogP contribution in [0.15, 0.2) is 42.5 Å². The maximum atomic E-state index is 12.9. The number of anilines is 1. The molecule has 10 heteroatoms. The van der Waals surface area contributed by atoms with Crippen LogP contribution in [0.2, 0.25) is 10.0 Å². The van der Waals surface area contributed by atoms with Crippen LogP contribution in [0.4, 0.5) is 18.9 Å². The van der Waals surface area contributed by atoms with Crippen LogP contribution in [-0.4, -0.2) is 25.1 Å². The quantitative estimate of drug-likeness (QED) is 0.435. The summed E-state index contributed by atoms with van der Waals surface area (Å²) in [6.07, 6.45) is -4.37. The highest BCUT2D eigenvalue weighted by Crippen LogP contribution is 2.34. The molecule has 0 aliphatic carbocycles. The lowest BCUT2D eigenvalue weighted by Crippen LogP contribution is -2.22. The SMILES string of the molecule is O=C(COC(=O)CCCOc1ccc(Cl)cc1Cl)Nc1ccccc1C(F)(F)F. The van der Waals surface area contributed by atoms with Gasteiger partial charge in [-0.15, -0.1) is 0 Å². The van der Waals surface area contributed by atoms with Crippen molar-refractivity contribution in [2.75, 3.05) is 18.5 Å². The molecule has 0 fully saturated rings. The standard InChI is InChI=1S/C19H16Cl2F3NO4/c20-12-7-8-16(14(21)10-12)28-9-3-6-18(27)29-11-17(26)25-15-5-2-1-4-13(15)19(22,23)24/h1-2,4-5,7-8,10H,3,6,9,11H2,(H,25,26). The zero-order valence-corrected chi connectivity index (χ0v) is 16.4. The fraction of sp³-hybridized carbons (Fsp3) is 0.263. The molecule has 156 valence electrons. The average Bonchev–Trinajstić information content (AvgIpc) is 2.64. The molecule has 29 heavy (non-hydrogen) atoms. The molecule has 0 saturated carbocycles. The average molecular weight is 450 g/mol. The summed E-state index contributed by atoms with van der Waals surface area (Å²) in [6, 6.07) is 9.22. The second kappa shape index (κ2) is 10.4. The topological polar surface area (TPSA) is 64.6 Å². The van der Waals surface area contributed by atoms with E-state index in [1.165, 1.54) is 18.2 Å². The molecule has 0 heterocycles. The number of ether oxygens (including phenoxy) is 2. The first-order valence-electron chi connectivity index (χ1n) is 8.36. The number of amides is 1. The van der Waals surface area contributed by atoms with Gasteiger partial charge in [0.1, 0.15) is 5.75 Å². The van der Waals surface area contributed by atoms with Crippen molar-refractivity contribution in [1.29, 1.82) is 0 Å². The van der Waals surface area contributed by atoms with Gasteiger partial charge in [-0.1, -0.05) is 35.3 Å². The summed E-state index contributed by atoms with van der Waals surface area (Å²) in [6.45, 7) is -0.531. The smallest absolute Gasteiger partial charge is 0.418 e. The number of carbonyl (C=O) groups excluding carboxylic acids is 2. The Morgan fingerprint density at radius 1 is 1.07 bits per heavy atom. The van der Waals surface area contributed by atoms with E-state index in [0.717, 1.165) is 12.1 Å². The van der Waals surface area contributed by atoms with Crippen molar-refractivity contribution in [2.45, 2.75) is 19.0 Å². The molecule has 1 N–H and O–H groups in total. The highest BCUT2D eigenvalue weighted by Gasteiger charge is 2.33. The number of hydrogen-bond donors (Lipinski definition) is 1. The fourth-order valence-corrected chi connectivity index (χ4v) is 2.70. The number of carbonyl (C=O) groups is 2. The Morgan fingerprint density at radius 3 is 2.48 bits per heavy atom. The number of rotatable bonds is 8. The van der Waals surface area contributed by atoms with Crippen molar-refractivity contribution in [3.05, 3.63) is 58.1 Å². The van der Waals surface area contributed by atoms with Gasteiger partial charge in [0, 0.05) is 11.4 Å². The van der Waals surface area contributed by atoms with Crippen molar-refractivity contribution < 1.29 is 32.2 Å². The minimum absolute atomic E-state index is 0.0440. The minimum Gasteiger partial charge on any atom is -0.492 e. The van der Waals surface area contributed by atoms with Crippen LogP contribution >= 0.6 is 23.2 Å². The van der Waals surface area contributed by atoms with E-state index in [0.29, 0.717) is 15.8 Å². The molecule has 2 rings (SSSR count). The van der Waals surface area contributed by atoms with Crippen LogP contribution in [-0.2, 0) is 20.5 Å². The lowest BCUT2D eigenvalue weighted by molar-refractivity contribution is -0.147. The number of alkyl halides is 3. The van der Waals surface area contributed by atoms with Crippen molar-refractivity contribution >= 4 is 40.8 Å². The van der Waals surface area contributed by atoms with E-state index in [2.05, 4.69) is 5.32 Å². The first-order chi connectivity index (χ1) is 13.7. The number of para-hydroxylation sites is 1. The molecule has 0 aromatic heterocycles. The maximum Gasteiger partial charge on any atom is 0.418 e. The number of nitrogens with one attached hydrogen (secondary N) is 1. The molecule has 5 nitrogen and oxygen atoms in total. The number of halogens is 5. The summed E-state index contributed by atoms with van der Waals surface area (Å²) in [4.78, 5) is 23.4. The monoisotopic (exact) mass is 449 g/mol. The summed E-state index contributed by atoms with van der Waals surface area (Å²) >= 11 is 11.7. The van der Waals surface area contributed by atoms with E-state index in [1.807, 2.05) is 0 Å². The molecule has 2 aromatic carbocycles. The van der Waals surface area contributed by atoms with E-state index < -0.39 is 35.9 Å². The van der Waals surface area contributed by atoms with E-state index >= 15 is 0 Å². The van der Waals surface area contributed by atoms with E-state index in [9.17, 15) is 22.8 Å². The van der Waals surface area contributed by atoms with Gasteiger partial charge in [0.2, 0.25) is 0 Å². The number of esters is 1. The van der Waals surface area contributed by atoms with Crippen LogP contribution in [0.1, 0.15) is 18.4 Å². The lowest BCUT2D eigenvalue weighted by Gasteiger charge is -2.13. The van der Waals surface area contributed by atoms with E-state index in [-0.39, 0.29) is 19.4 Å². The zero-order chi connectivity index (χ0) is 21.4. The number of benzene rings is 2. The van der Waals surface area contributed by atoms with Crippen LogP contribution in [0.25, 0.3) is 0 Å². The molecule has 0 bridgehead atoms. The highest BCUT2D eigenvalue weighted by atomic mass is 35.5. The van der Waals surface area contributed by atoms with E-state index in [1.54, 1.807) is 12.1 Å². The molecule has 0 aliphatic heterocycles. The largest absolute Gasteiger partial charge is 0.492 e. The van der Waals surface area contributed by atoms with Crippen LogP contribution < -0.4 is 10.1 Å². The van der Waals surface area contributed by atoms with Gasteiger partial charge < -0.3 is 14.8 Å². The Hall–Kier alpha value is -2.45. The zero-order valence-electron chi connectivity index (χ0n) is 14.9. The molecular formula is C19H16Cl2F3NO4. The predicted molar refractivity (Wildman–Crippen MR) is 102 cm³/mol. The molecule has 2 aromatic rings. The molecule has 0 radical (unpaired) electrons. The van der Waals surface area contributed by atoms with Crippen molar-refractivity contribution in [3.8, 4) is 5.75 Å². The first-order valence-corrected chi connectivity index (χ1v) is 9.12. The predicted octanol–water partition coefficient (Wildman–Crippen LogP) is 5.35. The van der Waals surface area contributed by atoms with Gasteiger partial charge in [0.05, 0.1) is 22.9 Å². The first kappa shape index (κ1) is 22.8.